The number of thiazole rings is 1. The zero-order chi connectivity index (χ0) is 23.7. The molecule has 0 aliphatic carbocycles. The molecule has 0 saturated carbocycles. The van der Waals surface area contributed by atoms with Gasteiger partial charge in [-0.25, -0.2) is 4.79 Å². The summed E-state index contributed by atoms with van der Waals surface area (Å²) in [5.74, 6) is -1.51. The number of aromatic nitrogens is 1. The number of rotatable bonds is 4. The highest BCUT2D eigenvalue weighted by Crippen LogP contribution is 2.37. The van der Waals surface area contributed by atoms with Crippen LogP contribution < -0.4 is 20.5 Å². The van der Waals surface area contributed by atoms with E-state index in [0.29, 0.717) is 30.4 Å². The van der Waals surface area contributed by atoms with Gasteiger partial charge in [0.15, 0.2) is 0 Å². The van der Waals surface area contributed by atoms with Crippen LogP contribution in [-0.4, -0.2) is 17.1 Å². The minimum absolute atomic E-state index is 0.0365. The Labute approximate surface area is 203 Å². The molecule has 9 heteroatoms. The molecule has 33 heavy (non-hydrogen) atoms. The fourth-order valence-corrected chi connectivity index (χ4v) is 5.25. The SMILES string of the molecule is CCOC(=O)C1=c2s/c(=C/c3ccccc3Cl)c(=O)n2C(N)=C(C#N)[C@H]1c1cccc(Cl)c1. The van der Waals surface area contributed by atoms with Gasteiger partial charge in [-0.3, -0.25) is 9.36 Å². The first-order valence-electron chi connectivity index (χ1n) is 9.92. The van der Waals surface area contributed by atoms with Gasteiger partial charge in [-0.2, -0.15) is 5.26 Å². The molecule has 0 saturated heterocycles. The summed E-state index contributed by atoms with van der Waals surface area (Å²) >= 11 is 13.5. The maximum Gasteiger partial charge on any atom is 0.338 e. The highest BCUT2D eigenvalue weighted by atomic mass is 35.5. The molecule has 3 aromatic rings. The third-order valence-corrected chi connectivity index (χ3v) is 6.83. The van der Waals surface area contributed by atoms with E-state index in [1.54, 1.807) is 61.5 Å². The lowest BCUT2D eigenvalue weighted by Gasteiger charge is -2.24. The van der Waals surface area contributed by atoms with Gasteiger partial charge in [0.1, 0.15) is 10.5 Å². The second-order valence-corrected chi connectivity index (χ2v) is 8.99. The average Bonchev–Trinajstić information content (AvgIpc) is 3.11. The number of halogens is 2. The second kappa shape index (κ2) is 9.28. The Hall–Kier alpha value is -3.31. The van der Waals surface area contributed by atoms with Crippen molar-refractivity contribution in [2.24, 2.45) is 5.73 Å². The Kier molecular flexibility index (Phi) is 6.43. The number of allylic oxidation sites excluding steroid dienone is 1. The first-order valence-corrected chi connectivity index (χ1v) is 11.5. The van der Waals surface area contributed by atoms with Crippen molar-refractivity contribution in [3.05, 3.63) is 94.8 Å². The van der Waals surface area contributed by atoms with Crippen LogP contribution in [-0.2, 0) is 9.53 Å². The van der Waals surface area contributed by atoms with Crippen LogP contribution in [0.1, 0.15) is 24.0 Å². The van der Waals surface area contributed by atoms with Gasteiger partial charge in [0.25, 0.3) is 5.56 Å². The molecular formula is C24H17Cl2N3O3S. The first-order chi connectivity index (χ1) is 15.9. The Morgan fingerprint density at radius 1 is 1.27 bits per heavy atom. The van der Waals surface area contributed by atoms with Gasteiger partial charge >= 0.3 is 5.97 Å². The number of hydrogen-bond donors (Lipinski definition) is 1. The number of esters is 1. The smallest absolute Gasteiger partial charge is 0.338 e. The number of nitrogens with zero attached hydrogens (tertiary/aromatic N) is 2. The topological polar surface area (TPSA) is 98.1 Å². The highest BCUT2D eigenvalue weighted by molar-refractivity contribution is 7.07. The van der Waals surface area contributed by atoms with Crippen molar-refractivity contribution < 1.29 is 9.53 Å². The molecule has 0 unspecified atom stereocenters. The molecule has 0 radical (unpaired) electrons. The van der Waals surface area contributed by atoms with E-state index in [0.717, 1.165) is 11.3 Å². The Morgan fingerprint density at radius 3 is 2.70 bits per heavy atom. The summed E-state index contributed by atoms with van der Waals surface area (Å²) in [7, 11) is 0. The van der Waals surface area contributed by atoms with Crippen molar-refractivity contribution in [2.75, 3.05) is 6.61 Å². The summed E-state index contributed by atoms with van der Waals surface area (Å²) in [5, 5.41) is 10.9. The van der Waals surface area contributed by atoms with Gasteiger partial charge in [-0.1, -0.05) is 53.5 Å². The molecule has 0 spiro atoms. The number of hydrogen-bond acceptors (Lipinski definition) is 6. The summed E-state index contributed by atoms with van der Waals surface area (Å²) < 4.78 is 7.12. The third-order valence-electron chi connectivity index (χ3n) is 5.14. The highest BCUT2D eigenvalue weighted by Gasteiger charge is 2.36. The maximum absolute atomic E-state index is 13.3. The molecule has 0 amide bonds. The quantitative estimate of drug-likeness (QED) is 0.558. The molecule has 0 bridgehead atoms. The third kappa shape index (κ3) is 4.09. The van der Waals surface area contributed by atoms with E-state index < -0.39 is 17.4 Å². The van der Waals surface area contributed by atoms with Crippen molar-refractivity contribution in [3.8, 4) is 6.07 Å². The molecule has 1 aromatic heterocycles. The molecular weight excluding hydrogens is 481 g/mol. The molecule has 166 valence electrons. The predicted octanol–water partition coefficient (Wildman–Crippen LogP) is 3.21. The number of ether oxygens (including phenoxy) is 1. The van der Waals surface area contributed by atoms with Crippen LogP contribution in [0.15, 0.2) is 58.9 Å². The average molecular weight is 498 g/mol. The summed E-state index contributed by atoms with van der Waals surface area (Å²) in [6, 6.07) is 16.0. The zero-order valence-corrected chi connectivity index (χ0v) is 19.7. The van der Waals surface area contributed by atoms with Crippen LogP contribution in [0.5, 0.6) is 0 Å². The lowest BCUT2D eigenvalue weighted by molar-refractivity contribution is -0.136. The number of nitrogens with two attached hydrogens (primary N) is 1. The first kappa shape index (κ1) is 22.9. The lowest BCUT2D eigenvalue weighted by atomic mass is 9.84. The minimum atomic E-state index is -0.834. The van der Waals surface area contributed by atoms with Gasteiger partial charge < -0.3 is 10.5 Å². The predicted molar refractivity (Wildman–Crippen MR) is 130 cm³/mol. The van der Waals surface area contributed by atoms with E-state index in [1.807, 2.05) is 0 Å². The lowest BCUT2D eigenvalue weighted by Crippen LogP contribution is -2.40. The number of carbonyl (C=O) groups excluding carboxylic acids is 1. The molecule has 0 fully saturated rings. The standard InChI is InChI=1S/C24H17Cl2N3O3S/c1-2-32-24(31)20-19(14-7-5-8-15(25)10-14)16(12-27)21(28)29-22(30)18(33-23(20)29)11-13-6-3-4-9-17(13)26/h3-11,19H,2,28H2,1H3/b18-11+/t19-/m1/s1. The molecule has 1 aliphatic heterocycles. The van der Waals surface area contributed by atoms with E-state index in [9.17, 15) is 14.9 Å². The van der Waals surface area contributed by atoms with Crippen LogP contribution in [0.4, 0.5) is 0 Å². The van der Waals surface area contributed by atoms with Crippen LogP contribution in [0, 0.1) is 11.3 Å². The summed E-state index contributed by atoms with van der Waals surface area (Å²) in [6.07, 6.45) is 1.64. The molecule has 1 aliphatic rings. The monoisotopic (exact) mass is 497 g/mol. The van der Waals surface area contributed by atoms with Gasteiger partial charge in [0.2, 0.25) is 0 Å². The van der Waals surface area contributed by atoms with E-state index in [1.165, 1.54) is 4.57 Å². The Bertz CT molecular complexity index is 1530. The number of benzene rings is 2. The molecule has 2 N–H and O–H groups in total. The van der Waals surface area contributed by atoms with Gasteiger partial charge in [-0.05, 0) is 42.3 Å². The fourth-order valence-electron chi connectivity index (χ4n) is 3.71. The number of fused-ring (bicyclic) bond motifs is 1. The van der Waals surface area contributed by atoms with E-state index in [4.69, 9.17) is 33.7 Å². The molecule has 2 heterocycles. The van der Waals surface area contributed by atoms with Crippen LogP contribution in [0.3, 0.4) is 0 Å². The summed E-state index contributed by atoms with van der Waals surface area (Å²) in [6.45, 7) is 1.81. The van der Waals surface area contributed by atoms with Gasteiger partial charge in [-0.15, -0.1) is 11.3 Å². The summed E-state index contributed by atoms with van der Waals surface area (Å²) in [5.41, 5.74) is 7.33. The maximum atomic E-state index is 13.3. The van der Waals surface area contributed by atoms with Crippen molar-refractivity contribution in [1.29, 1.82) is 5.26 Å². The van der Waals surface area contributed by atoms with Gasteiger partial charge in [0, 0.05) is 10.0 Å². The number of nitriles is 1. The van der Waals surface area contributed by atoms with Crippen molar-refractivity contribution in [3.63, 3.8) is 0 Å². The second-order valence-electron chi connectivity index (χ2n) is 7.11. The summed E-state index contributed by atoms with van der Waals surface area (Å²) in [4.78, 5) is 26.4. The molecule has 1 atom stereocenters. The van der Waals surface area contributed by atoms with E-state index >= 15 is 0 Å². The molecule has 6 nitrogen and oxygen atoms in total. The molecule has 4 rings (SSSR count). The number of carbonyl (C=O) groups is 1. The minimum Gasteiger partial charge on any atom is -0.463 e. The normalized spacial score (nSPS) is 15.9. The Balaban J connectivity index is 2.12. The fraction of sp³-hybridized carbons (Fsp3) is 0.125. The Morgan fingerprint density at radius 2 is 2.03 bits per heavy atom. The van der Waals surface area contributed by atoms with Crippen molar-refractivity contribution in [2.45, 2.75) is 12.8 Å². The van der Waals surface area contributed by atoms with Gasteiger partial charge in [0.05, 0.1) is 34.3 Å². The molecule has 2 aromatic carbocycles. The van der Waals surface area contributed by atoms with E-state index in [-0.39, 0.29) is 23.6 Å². The van der Waals surface area contributed by atoms with Crippen LogP contribution >= 0.6 is 34.5 Å². The van der Waals surface area contributed by atoms with E-state index in [2.05, 4.69) is 6.07 Å². The van der Waals surface area contributed by atoms with Crippen LogP contribution in [0.2, 0.25) is 10.0 Å². The van der Waals surface area contributed by atoms with Crippen molar-refractivity contribution >= 4 is 58.0 Å². The zero-order valence-electron chi connectivity index (χ0n) is 17.3. The van der Waals surface area contributed by atoms with Crippen molar-refractivity contribution in [1.82, 2.24) is 4.57 Å². The van der Waals surface area contributed by atoms with Crippen LogP contribution in [0.25, 0.3) is 17.5 Å². The largest absolute Gasteiger partial charge is 0.463 e.